The first-order valence-corrected chi connectivity index (χ1v) is 7.60. The molecule has 21 heavy (non-hydrogen) atoms. The number of carbonyl (C=O) groups excluding carboxylic acids is 1. The standard InChI is InChI=1S/C15H24N4O2/c1-11(2)9-19-5-3-4-12(10-19)6-18-15(21)13-7-17-14(20)8-16-13/h7-8,11-12H,3-6,9-10H2,1-2H3,(H,17,20)(H,18,21)/t12-/m1/s1. The summed E-state index contributed by atoms with van der Waals surface area (Å²) in [7, 11) is 0. The molecule has 1 fully saturated rings. The van der Waals surface area contributed by atoms with Crippen LogP contribution in [0.15, 0.2) is 17.2 Å². The predicted octanol–water partition coefficient (Wildman–Crippen LogP) is 0.868. The lowest BCUT2D eigenvalue weighted by molar-refractivity contribution is 0.0923. The van der Waals surface area contributed by atoms with Gasteiger partial charge in [-0.25, -0.2) is 4.98 Å². The number of piperidine rings is 1. The molecule has 0 saturated carbocycles. The van der Waals surface area contributed by atoms with Gasteiger partial charge in [-0.3, -0.25) is 9.59 Å². The summed E-state index contributed by atoms with van der Waals surface area (Å²) in [5.74, 6) is 0.931. The molecule has 0 bridgehead atoms. The van der Waals surface area contributed by atoms with Crippen LogP contribution >= 0.6 is 0 Å². The number of aromatic amines is 1. The van der Waals surface area contributed by atoms with Crippen LogP contribution in [0.5, 0.6) is 0 Å². The van der Waals surface area contributed by atoms with Gasteiger partial charge < -0.3 is 15.2 Å². The highest BCUT2D eigenvalue weighted by atomic mass is 16.2. The number of carbonyl (C=O) groups is 1. The molecular formula is C15H24N4O2. The Hall–Kier alpha value is -1.69. The lowest BCUT2D eigenvalue weighted by Crippen LogP contribution is -2.42. The van der Waals surface area contributed by atoms with Crippen LogP contribution in [0.4, 0.5) is 0 Å². The van der Waals surface area contributed by atoms with E-state index in [1.807, 2.05) is 0 Å². The number of H-pyrrole nitrogens is 1. The molecule has 116 valence electrons. The first-order chi connectivity index (χ1) is 10.0. The molecule has 1 aliphatic rings. The van der Waals surface area contributed by atoms with Crippen LogP contribution < -0.4 is 10.9 Å². The van der Waals surface area contributed by atoms with E-state index >= 15 is 0 Å². The summed E-state index contributed by atoms with van der Waals surface area (Å²) >= 11 is 0. The zero-order chi connectivity index (χ0) is 15.2. The van der Waals surface area contributed by atoms with Crippen molar-refractivity contribution in [2.24, 2.45) is 11.8 Å². The summed E-state index contributed by atoms with van der Waals surface area (Å²) in [6.07, 6.45) is 4.81. The molecule has 0 radical (unpaired) electrons. The largest absolute Gasteiger partial charge is 0.350 e. The quantitative estimate of drug-likeness (QED) is 0.844. The fraction of sp³-hybridized carbons (Fsp3) is 0.667. The first kappa shape index (κ1) is 15.7. The maximum atomic E-state index is 11.9. The van der Waals surface area contributed by atoms with Crippen molar-refractivity contribution >= 4 is 5.91 Å². The molecule has 6 heteroatoms. The van der Waals surface area contributed by atoms with Gasteiger partial charge in [-0.2, -0.15) is 0 Å². The van der Waals surface area contributed by atoms with Crippen LogP contribution in [-0.2, 0) is 0 Å². The first-order valence-electron chi connectivity index (χ1n) is 7.60. The van der Waals surface area contributed by atoms with Crippen LogP contribution in [-0.4, -0.2) is 47.0 Å². The van der Waals surface area contributed by atoms with E-state index in [1.165, 1.54) is 12.6 Å². The third-order valence-corrected chi connectivity index (χ3v) is 3.68. The average molecular weight is 292 g/mol. The van der Waals surface area contributed by atoms with Crippen LogP contribution in [0.2, 0.25) is 0 Å². The fourth-order valence-corrected chi connectivity index (χ4v) is 2.79. The number of rotatable bonds is 5. The molecule has 0 spiro atoms. The maximum Gasteiger partial charge on any atom is 0.271 e. The van der Waals surface area contributed by atoms with Crippen molar-refractivity contribution in [3.8, 4) is 0 Å². The van der Waals surface area contributed by atoms with Gasteiger partial charge in [0.2, 0.25) is 0 Å². The van der Waals surface area contributed by atoms with Gasteiger partial charge in [0.1, 0.15) is 5.69 Å². The molecule has 0 aromatic carbocycles. The van der Waals surface area contributed by atoms with Crippen LogP contribution in [0.25, 0.3) is 0 Å². The van der Waals surface area contributed by atoms with Crippen LogP contribution in [0.1, 0.15) is 37.2 Å². The summed E-state index contributed by atoms with van der Waals surface area (Å²) < 4.78 is 0. The number of nitrogens with zero attached hydrogens (tertiary/aromatic N) is 2. The van der Waals surface area contributed by atoms with Crippen LogP contribution in [0.3, 0.4) is 0 Å². The highest BCUT2D eigenvalue weighted by Gasteiger charge is 2.21. The number of amides is 1. The molecule has 2 heterocycles. The highest BCUT2D eigenvalue weighted by Crippen LogP contribution is 2.16. The molecular weight excluding hydrogens is 268 g/mol. The molecule has 1 amide bonds. The molecule has 1 aliphatic heterocycles. The van der Waals surface area contributed by atoms with E-state index in [2.05, 4.69) is 34.0 Å². The minimum Gasteiger partial charge on any atom is -0.350 e. The maximum absolute atomic E-state index is 11.9. The third kappa shape index (κ3) is 4.97. The molecule has 0 unspecified atom stereocenters. The zero-order valence-corrected chi connectivity index (χ0v) is 12.8. The molecule has 6 nitrogen and oxygen atoms in total. The van der Waals surface area contributed by atoms with Crippen molar-refractivity contribution in [1.82, 2.24) is 20.2 Å². The lowest BCUT2D eigenvalue weighted by atomic mass is 9.97. The van der Waals surface area contributed by atoms with Crippen molar-refractivity contribution in [3.63, 3.8) is 0 Å². The van der Waals surface area contributed by atoms with Gasteiger partial charge in [0, 0.05) is 25.8 Å². The molecule has 0 aliphatic carbocycles. The number of likely N-dealkylation sites (tertiary alicyclic amines) is 1. The molecule has 2 N–H and O–H groups in total. The molecule has 1 aromatic rings. The van der Waals surface area contributed by atoms with Gasteiger partial charge in [-0.15, -0.1) is 0 Å². The second kappa shape index (κ2) is 7.36. The van der Waals surface area contributed by atoms with Crippen molar-refractivity contribution in [3.05, 3.63) is 28.4 Å². The Kier molecular flexibility index (Phi) is 5.50. The van der Waals surface area contributed by atoms with Gasteiger partial charge in [0.25, 0.3) is 11.5 Å². The van der Waals surface area contributed by atoms with Gasteiger partial charge in [0.15, 0.2) is 0 Å². The highest BCUT2D eigenvalue weighted by molar-refractivity contribution is 5.91. The minimum atomic E-state index is -0.303. The van der Waals surface area contributed by atoms with Crippen molar-refractivity contribution in [2.45, 2.75) is 26.7 Å². The smallest absolute Gasteiger partial charge is 0.271 e. The van der Waals surface area contributed by atoms with Gasteiger partial charge in [-0.1, -0.05) is 13.8 Å². The Morgan fingerprint density at radius 3 is 3.05 bits per heavy atom. The Morgan fingerprint density at radius 2 is 2.38 bits per heavy atom. The molecule has 2 rings (SSSR count). The number of nitrogens with one attached hydrogen (secondary N) is 2. The second-order valence-electron chi connectivity index (χ2n) is 6.17. The van der Waals surface area contributed by atoms with Gasteiger partial charge in [-0.05, 0) is 31.2 Å². The van der Waals surface area contributed by atoms with Crippen molar-refractivity contribution < 1.29 is 4.79 Å². The van der Waals surface area contributed by atoms with Crippen molar-refractivity contribution in [1.29, 1.82) is 0 Å². The molecule has 1 atom stereocenters. The van der Waals surface area contributed by atoms with E-state index in [0.29, 0.717) is 18.4 Å². The molecule has 1 saturated heterocycles. The summed E-state index contributed by atoms with van der Waals surface area (Å²) in [6, 6.07) is 0. The Bertz CT molecular complexity index is 506. The minimum absolute atomic E-state index is 0.229. The molecule has 1 aromatic heterocycles. The van der Waals surface area contributed by atoms with Crippen molar-refractivity contribution in [2.75, 3.05) is 26.2 Å². The van der Waals surface area contributed by atoms with E-state index in [-0.39, 0.29) is 17.2 Å². The van der Waals surface area contributed by atoms with E-state index in [1.54, 1.807) is 0 Å². The summed E-state index contributed by atoms with van der Waals surface area (Å²) in [5.41, 5.74) is -0.0485. The summed E-state index contributed by atoms with van der Waals surface area (Å²) in [4.78, 5) is 31.6. The Labute approximate surface area is 125 Å². The SMILES string of the molecule is CC(C)CN1CCC[C@H](CNC(=O)c2c[nH]c(=O)cn2)C1. The monoisotopic (exact) mass is 292 g/mol. The fourth-order valence-electron chi connectivity index (χ4n) is 2.79. The van der Waals surface area contributed by atoms with E-state index < -0.39 is 0 Å². The summed E-state index contributed by atoms with van der Waals surface area (Å²) in [5, 5.41) is 2.91. The van der Waals surface area contributed by atoms with E-state index in [9.17, 15) is 9.59 Å². The second-order valence-corrected chi connectivity index (χ2v) is 6.17. The lowest BCUT2D eigenvalue weighted by Gasteiger charge is -2.33. The Balaban J connectivity index is 1.80. The topological polar surface area (TPSA) is 78.1 Å². The number of aromatic nitrogens is 2. The number of hydrogen-bond donors (Lipinski definition) is 2. The zero-order valence-electron chi connectivity index (χ0n) is 12.8. The summed E-state index contributed by atoms with van der Waals surface area (Å²) in [6.45, 7) is 8.43. The normalized spacial score (nSPS) is 19.7. The van der Waals surface area contributed by atoms with E-state index in [0.717, 1.165) is 32.3 Å². The Morgan fingerprint density at radius 1 is 1.57 bits per heavy atom. The average Bonchev–Trinajstić information content (AvgIpc) is 2.45. The third-order valence-electron chi connectivity index (χ3n) is 3.68. The number of hydrogen-bond acceptors (Lipinski definition) is 4. The van der Waals surface area contributed by atoms with Gasteiger partial charge >= 0.3 is 0 Å². The van der Waals surface area contributed by atoms with E-state index in [4.69, 9.17) is 0 Å². The van der Waals surface area contributed by atoms with Gasteiger partial charge in [0.05, 0.1) is 6.20 Å². The predicted molar refractivity (Wildman–Crippen MR) is 81.2 cm³/mol. The van der Waals surface area contributed by atoms with Crippen LogP contribution in [0, 0.1) is 11.8 Å².